The van der Waals surface area contributed by atoms with Gasteiger partial charge in [0.05, 0.1) is 6.61 Å². The summed E-state index contributed by atoms with van der Waals surface area (Å²) in [6, 6.07) is 6.03. The highest BCUT2D eigenvalue weighted by molar-refractivity contribution is 5.92. The second-order valence-electron chi connectivity index (χ2n) is 4.46. The number of rotatable bonds is 6. The lowest BCUT2D eigenvalue weighted by Crippen LogP contribution is -2.42. The molecule has 0 fully saturated rings. The second kappa shape index (κ2) is 7.49. The Labute approximate surface area is 118 Å². The third-order valence-corrected chi connectivity index (χ3v) is 3.09. The zero-order valence-corrected chi connectivity index (χ0v) is 11.9. The molecule has 0 aliphatic heterocycles. The lowest BCUT2D eigenvalue weighted by molar-refractivity contribution is -0.141. The van der Waals surface area contributed by atoms with Gasteiger partial charge in [-0.1, -0.05) is 18.2 Å². The van der Waals surface area contributed by atoms with Crippen LogP contribution in [0.3, 0.4) is 0 Å². The molecule has 0 aromatic heterocycles. The molecule has 110 valence electrons. The number of carboxylic acid groups (broad SMARTS) is 1. The second-order valence-corrected chi connectivity index (χ2v) is 4.46. The molecular weight excluding hydrogens is 260 g/mol. The molecule has 0 bridgehead atoms. The molecule has 1 aromatic carbocycles. The van der Waals surface area contributed by atoms with Crippen LogP contribution in [-0.2, 0) is 16.0 Å². The number of ether oxygens (including phenoxy) is 1. The molecule has 6 heteroatoms. The van der Waals surface area contributed by atoms with E-state index in [1.54, 1.807) is 13.2 Å². The summed E-state index contributed by atoms with van der Waals surface area (Å²) in [5.41, 5.74) is 1.61. The number of hydrogen-bond donors (Lipinski definition) is 2. The first kappa shape index (κ1) is 16.0. The van der Waals surface area contributed by atoms with Gasteiger partial charge >= 0.3 is 12.0 Å². The Balaban J connectivity index is 2.77. The molecule has 0 saturated carbocycles. The van der Waals surface area contributed by atoms with Crippen LogP contribution < -0.4 is 5.32 Å². The largest absolute Gasteiger partial charge is 0.480 e. The molecule has 1 unspecified atom stereocenters. The molecule has 0 aliphatic carbocycles. The lowest BCUT2D eigenvalue weighted by Gasteiger charge is -2.22. The summed E-state index contributed by atoms with van der Waals surface area (Å²) in [7, 11) is 3.06. The molecule has 0 radical (unpaired) electrons. The molecular formula is C14H20N2O4. The summed E-state index contributed by atoms with van der Waals surface area (Å²) in [6.45, 7) is 2.01. The highest BCUT2D eigenvalue weighted by atomic mass is 16.5. The lowest BCUT2D eigenvalue weighted by atomic mass is 10.1. The van der Waals surface area contributed by atoms with E-state index in [9.17, 15) is 9.59 Å². The minimum atomic E-state index is -1.05. The van der Waals surface area contributed by atoms with Crippen molar-refractivity contribution in [2.24, 2.45) is 0 Å². The molecule has 0 heterocycles. The van der Waals surface area contributed by atoms with Crippen LogP contribution >= 0.6 is 0 Å². The number of carbonyl (C=O) groups is 2. The van der Waals surface area contributed by atoms with Gasteiger partial charge in [-0.3, -0.25) is 0 Å². The monoisotopic (exact) mass is 280 g/mol. The fraction of sp³-hybridized carbons (Fsp3) is 0.429. The van der Waals surface area contributed by atoms with E-state index in [-0.39, 0.29) is 0 Å². The molecule has 0 saturated heterocycles. The number of aliphatic carboxylic acids is 1. The molecule has 0 aliphatic rings. The first-order valence-electron chi connectivity index (χ1n) is 6.30. The average Bonchev–Trinajstić information content (AvgIpc) is 2.44. The first-order chi connectivity index (χ1) is 9.47. The third kappa shape index (κ3) is 4.24. The topological polar surface area (TPSA) is 78.9 Å². The van der Waals surface area contributed by atoms with Gasteiger partial charge in [0.1, 0.15) is 6.04 Å². The summed E-state index contributed by atoms with van der Waals surface area (Å²) >= 11 is 0. The van der Waals surface area contributed by atoms with Crippen molar-refractivity contribution in [2.45, 2.75) is 19.4 Å². The molecule has 1 rings (SSSR count). The van der Waals surface area contributed by atoms with Gasteiger partial charge in [0, 0.05) is 19.8 Å². The summed E-state index contributed by atoms with van der Waals surface area (Å²) in [5, 5.41) is 11.6. The number of anilines is 1. The van der Waals surface area contributed by atoms with Crippen LogP contribution in [0.1, 0.15) is 12.5 Å². The van der Waals surface area contributed by atoms with E-state index in [4.69, 9.17) is 9.84 Å². The Kier molecular flexibility index (Phi) is 5.99. The van der Waals surface area contributed by atoms with Crippen LogP contribution in [0.15, 0.2) is 24.3 Å². The van der Waals surface area contributed by atoms with Gasteiger partial charge < -0.3 is 20.1 Å². The maximum absolute atomic E-state index is 12.0. The fourth-order valence-electron chi connectivity index (χ4n) is 1.62. The van der Waals surface area contributed by atoms with Gasteiger partial charge in [-0.05, 0) is 25.0 Å². The minimum Gasteiger partial charge on any atom is -0.480 e. The zero-order chi connectivity index (χ0) is 15.1. The Morgan fingerprint density at radius 3 is 2.65 bits per heavy atom. The van der Waals surface area contributed by atoms with Crippen molar-refractivity contribution in [3.8, 4) is 0 Å². The molecule has 1 atom stereocenters. The van der Waals surface area contributed by atoms with Crippen molar-refractivity contribution >= 4 is 17.7 Å². The number of carboxylic acids is 1. The van der Waals surface area contributed by atoms with Crippen molar-refractivity contribution < 1.29 is 19.4 Å². The molecule has 6 nitrogen and oxygen atoms in total. The summed E-state index contributed by atoms with van der Waals surface area (Å²) in [5.74, 6) is -1.05. The van der Waals surface area contributed by atoms with Gasteiger partial charge in [-0.15, -0.1) is 0 Å². The number of likely N-dealkylation sites (N-methyl/N-ethyl adjacent to an activating group) is 1. The number of nitrogens with zero attached hydrogens (tertiary/aromatic N) is 1. The van der Waals surface area contributed by atoms with E-state index in [1.165, 1.54) is 14.0 Å². The summed E-state index contributed by atoms with van der Waals surface area (Å²) < 4.78 is 5.02. The number of nitrogens with one attached hydrogen (secondary N) is 1. The van der Waals surface area contributed by atoms with E-state index in [0.29, 0.717) is 18.7 Å². The number of hydrogen-bond acceptors (Lipinski definition) is 3. The number of carbonyl (C=O) groups excluding carboxylic acids is 1. The van der Waals surface area contributed by atoms with Gasteiger partial charge in [-0.2, -0.15) is 0 Å². The fourth-order valence-corrected chi connectivity index (χ4v) is 1.62. The van der Waals surface area contributed by atoms with E-state index in [0.717, 1.165) is 10.5 Å². The van der Waals surface area contributed by atoms with E-state index >= 15 is 0 Å². The normalized spacial score (nSPS) is 11.8. The standard InChI is InChI=1S/C14H20N2O4/c1-10(13(17)18)16(2)14(19)15-12-7-5-4-6-11(12)8-9-20-3/h4-7,10H,8-9H2,1-3H3,(H,15,19)(H,17,18). The summed E-state index contributed by atoms with van der Waals surface area (Å²) in [6.07, 6.45) is 0.672. The van der Waals surface area contributed by atoms with Crippen molar-refractivity contribution in [1.82, 2.24) is 4.90 Å². The summed E-state index contributed by atoms with van der Waals surface area (Å²) in [4.78, 5) is 24.0. The molecule has 2 N–H and O–H groups in total. The molecule has 2 amide bonds. The Morgan fingerprint density at radius 1 is 1.40 bits per heavy atom. The van der Waals surface area contributed by atoms with Crippen molar-refractivity contribution in [3.63, 3.8) is 0 Å². The predicted octanol–water partition coefficient (Wildman–Crippen LogP) is 1.81. The van der Waals surface area contributed by atoms with Crippen molar-refractivity contribution in [1.29, 1.82) is 0 Å². The first-order valence-corrected chi connectivity index (χ1v) is 6.30. The van der Waals surface area contributed by atoms with E-state index in [1.807, 2.05) is 18.2 Å². The highest BCUT2D eigenvalue weighted by Crippen LogP contribution is 2.16. The molecule has 0 spiro atoms. The van der Waals surface area contributed by atoms with E-state index in [2.05, 4.69) is 5.32 Å². The van der Waals surface area contributed by atoms with Crippen LogP contribution in [0.5, 0.6) is 0 Å². The Hall–Kier alpha value is -2.08. The number of amides is 2. The number of methoxy groups -OCH3 is 1. The maximum Gasteiger partial charge on any atom is 0.326 e. The third-order valence-electron chi connectivity index (χ3n) is 3.09. The van der Waals surface area contributed by atoms with Crippen LogP contribution in [0, 0.1) is 0 Å². The van der Waals surface area contributed by atoms with Gasteiger partial charge in [-0.25, -0.2) is 9.59 Å². The number of urea groups is 1. The Bertz CT molecular complexity index is 476. The molecule has 20 heavy (non-hydrogen) atoms. The number of benzene rings is 1. The molecule has 1 aromatic rings. The van der Waals surface area contributed by atoms with Crippen LogP contribution in [0.25, 0.3) is 0 Å². The quantitative estimate of drug-likeness (QED) is 0.833. The van der Waals surface area contributed by atoms with Crippen LogP contribution in [0.2, 0.25) is 0 Å². The van der Waals surface area contributed by atoms with E-state index < -0.39 is 18.0 Å². The average molecular weight is 280 g/mol. The van der Waals surface area contributed by atoms with Gasteiger partial charge in [0.25, 0.3) is 0 Å². The minimum absolute atomic E-state index is 0.454. The van der Waals surface area contributed by atoms with Crippen LogP contribution in [0.4, 0.5) is 10.5 Å². The van der Waals surface area contributed by atoms with Crippen LogP contribution in [-0.4, -0.2) is 48.8 Å². The smallest absolute Gasteiger partial charge is 0.326 e. The van der Waals surface area contributed by atoms with Crippen molar-refractivity contribution in [3.05, 3.63) is 29.8 Å². The highest BCUT2D eigenvalue weighted by Gasteiger charge is 2.22. The van der Waals surface area contributed by atoms with Gasteiger partial charge in [0.2, 0.25) is 0 Å². The zero-order valence-electron chi connectivity index (χ0n) is 11.9. The Morgan fingerprint density at radius 2 is 2.05 bits per heavy atom. The number of para-hydroxylation sites is 1. The maximum atomic E-state index is 12.0. The SMILES string of the molecule is COCCc1ccccc1NC(=O)N(C)C(C)C(=O)O. The van der Waals surface area contributed by atoms with Crippen molar-refractivity contribution in [2.75, 3.05) is 26.1 Å². The predicted molar refractivity (Wildman–Crippen MR) is 75.9 cm³/mol. The van der Waals surface area contributed by atoms with Gasteiger partial charge in [0.15, 0.2) is 0 Å².